The van der Waals surface area contributed by atoms with Gasteiger partial charge in [0.15, 0.2) is 5.78 Å². The number of hydrogen-bond acceptors (Lipinski definition) is 3. The Balaban J connectivity index is 1.95. The van der Waals surface area contributed by atoms with Crippen LogP contribution < -0.4 is 4.74 Å². The monoisotopic (exact) mass is 290 g/mol. The summed E-state index contributed by atoms with van der Waals surface area (Å²) in [6.45, 7) is 2.21. The minimum absolute atomic E-state index is 0.257. The quantitative estimate of drug-likeness (QED) is 0.799. The molecule has 2 unspecified atom stereocenters. The summed E-state index contributed by atoms with van der Waals surface area (Å²) in [6, 6.07) is 7.92. The van der Waals surface area contributed by atoms with Gasteiger partial charge in [-0.25, -0.2) is 0 Å². The number of aryl methyl sites for hydroxylation is 1. The Morgan fingerprint density at radius 1 is 1.29 bits per heavy atom. The lowest BCUT2D eigenvalue weighted by Gasteiger charge is -2.37. The van der Waals surface area contributed by atoms with E-state index in [2.05, 4.69) is 6.92 Å². The minimum atomic E-state index is -0.538. The number of hydrogen-bond donors (Lipinski definition) is 0. The van der Waals surface area contributed by atoms with Crippen molar-refractivity contribution < 1.29 is 14.3 Å². The summed E-state index contributed by atoms with van der Waals surface area (Å²) >= 11 is 0. The first kappa shape index (κ1) is 16.0. The van der Waals surface area contributed by atoms with Gasteiger partial charge in [-0.3, -0.25) is 4.79 Å². The Morgan fingerprint density at radius 3 is 2.57 bits per heavy atom. The minimum Gasteiger partial charge on any atom is -0.497 e. The topological polar surface area (TPSA) is 35.5 Å². The maximum absolute atomic E-state index is 12.6. The lowest BCUT2D eigenvalue weighted by Crippen LogP contribution is -2.44. The molecule has 21 heavy (non-hydrogen) atoms. The average Bonchev–Trinajstić information content (AvgIpc) is 2.52. The van der Waals surface area contributed by atoms with E-state index in [4.69, 9.17) is 9.47 Å². The Hall–Kier alpha value is -1.35. The van der Waals surface area contributed by atoms with E-state index in [1.807, 2.05) is 24.3 Å². The zero-order valence-electron chi connectivity index (χ0n) is 13.4. The van der Waals surface area contributed by atoms with Gasteiger partial charge in [-0.2, -0.15) is 0 Å². The van der Waals surface area contributed by atoms with Gasteiger partial charge < -0.3 is 9.47 Å². The smallest absolute Gasteiger partial charge is 0.164 e. The van der Waals surface area contributed by atoms with E-state index in [-0.39, 0.29) is 5.78 Å². The average molecular weight is 290 g/mol. The number of benzene rings is 1. The van der Waals surface area contributed by atoms with Crippen LogP contribution >= 0.6 is 0 Å². The van der Waals surface area contributed by atoms with E-state index in [9.17, 15) is 4.79 Å². The Labute approximate surface area is 127 Å². The van der Waals surface area contributed by atoms with Crippen LogP contribution in [0.2, 0.25) is 0 Å². The number of carbonyl (C=O) groups is 1. The van der Waals surface area contributed by atoms with Crippen LogP contribution in [0.1, 0.15) is 44.6 Å². The van der Waals surface area contributed by atoms with Crippen LogP contribution in [0.4, 0.5) is 0 Å². The summed E-state index contributed by atoms with van der Waals surface area (Å²) in [7, 11) is 3.34. The van der Waals surface area contributed by atoms with E-state index in [0.717, 1.165) is 31.4 Å². The maximum Gasteiger partial charge on any atom is 0.164 e. The Kier molecular flexibility index (Phi) is 5.40. The molecule has 1 saturated carbocycles. The SMILES string of the molecule is COc1ccc(CCC(=O)C2(OC)CCCC(C)C2)cc1. The summed E-state index contributed by atoms with van der Waals surface area (Å²) in [6.07, 6.45) is 5.34. The fourth-order valence-electron chi connectivity index (χ4n) is 3.33. The zero-order chi connectivity index (χ0) is 15.3. The molecule has 3 heteroatoms. The van der Waals surface area contributed by atoms with Crippen molar-refractivity contribution in [2.24, 2.45) is 5.92 Å². The van der Waals surface area contributed by atoms with Crippen LogP contribution in [-0.4, -0.2) is 25.6 Å². The molecule has 1 aliphatic carbocycles. The molecule has 3 nitrogen and oxygen atoms in total. The van der Waals surface area contributed by atoms with Crippen molar-refractivity contribution in [3.63, 3.8) is 0 Å². The van der Waals surface area contributed by atoms with Crippen molar-refractivity contribution in [2.75, 3.05) is 14.2 Å². The molecule has 1 aromatic rings. The van der Waals surface area contributed by atoms with Crippen molar-refractivity contribution >= 4 is 5.78 Å². The molecular weight excluding hydrogens is 264 g/mol. The van der Waals surface area contributed by atoms with E-state index in [1.165, 1.54) is 12.0 Å². The highest BCUT2D eigenvalue weighted by Crippen LogP contribution is 2.36. The first-order chi connectivity index (χ1) is 10.1. The van der Waals surface area contributed by atoms with Crippen molar-refractivity contribution in [2.45, 2.75) is 51.0 Å². The van der Waals surface area contributed by atoms with Gasteiger partial charge in [-0.05, 0) is 49.3 Å². The van der Waals surface area contributed by atoms with E-state index in [0.29, 0.717) is 12.3 Å². The predicted octanol–water partition coefficient (Wildman–Crippen LogP) is 3.79. The highest BCUT2D eigenvalue weighted by molar-refractivity contribution is 5.87. The fraction of sp³-hybridized carbons (Fsp3) is 0.611. The summed E-state index contributed by atoms with van der Waals surface area (Å²) < 4.78 is 10.8. The van der Waals surface area contributed by atoms with Crippen LogP contribution in [0.25, 0.3) is 0 Å². The second-order valence-corrected chi connectivity index (χ2v) is 6.17. The molecule has 116 valence electrons. The van der Waals surface area contributed by atoms with Gasteiger partial charge in [-0.15, -0.1) is 0 Å². The molecule has 0 spiro atoms. The largest absolute Gasteiger partial charge is 0.497 e. The molecule has 0 N–H and O–H groups in total. The lowest BCUT2D eigenvalue weighted by molar-refractivity contribution is -0.147. The molecule has 2 rings (SSSR count). The number of Topliss-reactive ketones (excluding diaryl/α,β-unsaturated/α-hetero) is 1. The molecule has 1 aromatic carbocycles. The third-order valence-corrected chi connectivity index (χ3v) is 4.65. The van der Waals surface area contributed by atoms with Crippen LogP contribution in [0.15, 0.2) is 24.3 Å². The number of ketones is 1. The molecule has 1 fully saturated rings. The number of carbonyl (C=O) groups excluding carboxylic acids is 1. The van der Waals surface area contributed by atoms with E-state index < -0.39 is 5.60 Å². The fourth-order valence-corrected chi connectivity index (χ4v) is 3.33. The predicted molar refractivity (Wildman–Crippen MR) is 83.7 cm³/mol. The van der Waals surface area contributed by atoms with Crippen LogP contribution in [0.3, 0.4) is 0 Å². The highest BCUT2D eigenvalue weighted by atomic mass is 16.5. The molecule has 0 saturated heterocycles. The number of methoxy groups -OCH3 is 2. The number of ether oxygens (including phenoxy) is 2. The first-order valence-electron chi connectivity index (χ1n) is 7.81. The van der Waals surface area contributed by atoms with Crippen molar-refractivity contribution in [1.29, 1.82) is 0 Å². The summed E-state index contributed by atoms with van der Waals surface area (Å²) in [4.78, 5) is 12.6. The Morgan fingerprint density at radius 2 is 2.00 bits per heavy atom. The standard InChI is InChI=1S/C18H26O3/c1-14-5-4-12-18(13-14,21-3)17(19)11-8-15-6-9-16(20-2)10-7-15/h6-7,9-10,14H,4-5,8,11-13H2,1-3H3. The van der Waals surface area contributed by atoms with Crippen LogP contribution in [0.5, 0.6) is 5.75 Å². The lowest BCUT2D eigenvalue weighted by atomic mass is 9.75. The highest BCUT2D eigenvalue weighted by Gasteiger charge is 2.40. The molecule has 1 aliphatic rings. The van der Waals surface area contributed by atoms with Gasteiger partial charge in [0.2, 0.25) is 0 Å². The molecule has 0 radical (unpaired) electrons. The van der Waals surface area contributed by atoms with Crippen molar-refractivity contribution in [1.82, 2.24) is 0 Å². The molecule has 2 atom stereocenters. The van der Waals surface area contributed by atoms with Crippen LogP contribution in [-0.2, 0) is 16.0 Å². The first-order valence-corrected chi connectivity index (χ1v) is 7.81. The van der Waals surface area contributed by atoms with Gasteiger partial charge in [0, 0.05) is 13.5 Å². The summed E-state index contributed by atoms with van der Waals surface area (Å²) in [5.41, 5.74) is 0.628. The van der Waals surface area contributed by atoms with Crippen LogP contribution in [0, 0.1) is 5.92 Å². The second-order valence-electron chi connectivity index (χ2n) is 6.17. The molecule has 0 bridgehead atoms. The second kappa shape index (κ2) is 7.08. The van der Waals surface area contributed by atoms with Gasteiger partial charge >= 0.3 is 0 Å². The van der Waals surface area contributed by atoms with Gasteiger partial charge in [0.05, 0.1) is 7.11 Å². The van der Waals surface area contributed by atoms with Gasteiger partial charge in [-0.1, -0.05) is 25.5 Å². The summed E-state index contributed by atoms with van der Waals surface area (Å²) in [5, 5.41) is 0. The molecule has 0 heterocycles. The molecule has 0 aliphatic heterocycles. The Bertz CT molecular complexity index is 466. The molecular formula is C18H26O3. The number of rotatable bonds is 6. The van der Waals surface area contributed by atoms with Gasteiger partial charge in [0.1, 0.15) is 11.4 Å². The molecule has 0 amide bonds. The summed E-state index contributed by atoms with van der Waals surface area (Å²) in [5.74, 6) is 1.68. The zero-order valence-corrected chi connectivity index (χ0v) is 13.4. The maximum atomic E-state index is 12.6. The third kappa shape index (κ3) is 3.85. The van der Waals surface area contributed by atoms with Crippen molar-refractivity contribution in [3.05, 3.63) is 29.8 Å². The van der Waals surface area contributed by atoms with E-state index >= 15 is 0 Å². The molecule has 0 aromatic heterocycles. The third-order valence-electron chi connectivity index (χ3n) is 4.65. The normalized spacial score (nSPS) is 25.6. The van der Waals surface area contributed by atoms with Crippen molar-refractivity contribution in [3.8, 4) is 5.75 Å². The van der Waals surface area contributed by atoms with E-state index in [1.54, 1.807) is 14.2 Å². The van der Waals surface area contributed by atoms with Gasteiger partial charge in [0.25, 0.3) is 0 Å².